The van der Waals surface area contributed by atoms with Gasteiger partial charge in [-0.05, 0) is 37.0 Å². The van der Waals surface area contributed by atoms with Crippen LogP contribution in [0, 0.1) is 5.92 Å². The van der Waals surface area contributed by atoms with Gasteiger partial charge in [-0.1, -0.05) is 31.5 Å². The predicted molar refractivity (Wildman–Crippen MR) is 86.2 cm³/mol. The van der Waals surface area contributed by atoms with Crippen molar-refractivity contribution in [2.45, 2.75) is 37.6 Å². The van der Waals surface area contributed by atoms with Gasteiger partial charge in [0.2, 0.25) is 15.9 Å². The van der Waals surface area contributed by atoms with Crippen LogP contribution in [0.25, 0.3) is 0 Å². The number of nitrogens with one attached hydrogen (secondary N) is 1. The first kappa shape index (κ1) is 17.2. The number of hydrogen-bond donors (Lipinski definition) is 1. The predicted octanol–water partition coefficient (Wildman–Crippen LogP) is 2.27. The Morgan fingerprint density at radius 3 is 2.45 bits per heavy atom. The molecule has 0 aliphatic carbocycles. The van der Waals surface area contributed by atoms with E-state index in [4.69, 9.17) is 11.6 Å². The van der Waals surface area contributed by atoms with Gasteiger partial charge in [0.05, 0.1) is 4.90 Å². The normalized spacial score (nSPS) is 17.0. The topological polar surface area (TPSA) is 66.5 Å². The zero-order valence-corrected chi connectivity index (χ0v) is 14.3. The smallest absolute Gasteiger partial charge is 0.241 e. The molecule has 0 bridgehead atoms. The average Bonchev–Trinajstić information content (AvgIpc) is 2.98. The molecule has 1 amide bonds. The van der Waals surface area contributed by atoms with Crippen molar-refractivity contribution in [1.29, 1.82) is 0 Å². The van der Waals surface area contributed by atoms with Crippen molar-refractivity contribution in [1.82, 2.24) is 9.62 Å². The van der Waals surface area contributed by atoms with Gasteiger partial charge in [-0.3, -0.25) is 4.79 Å². The summed E-state index contributed by atoms with van der Waals surface area (Å²) in [6.45, 7) is 5.06. The fourth-order valence-electron chi connectivity index (χ4n) is 2.48. The largest absolute Gasteiger partial charge is 0.341 e. The molecule has 1 aliphatic heterocycles. The molecular formula is C15H21ClN2O3S. The second kappa shape index (κ2) is 6.98. The van der Waals surface area contributed by atoms with E-state index < -0.39 is 16.1 Å². The van der Waals surface area contributed by atoms with Gasteiger partial charge in [-0.15, -0.1) is 0 Å². The maximum Gasteiger partial charge on any atom is 0.241 e. The Morgan fingerprint density at radius 1 is 1.27 bits per heavy atom. The number of hydrogen-bond acceptors (Lipinski definition) is 3. The number of carbonyl (C=O) groups excluding carboxylic acids is 1. The lowest BCUT2D eigenvalue weighted by Crippen LogP contribution is -2.50. The number of amides is 1. The van der Waals surface area contributed by atoms with Crippen molar-refractivity contribution >= 4 is 27.5 Å². The summed E-state index contributed by atoms with van der Waals surface area (Å²) in [4.78, 5) is 14.3. The number of carbonyl (C=O) groups is 1. The molecule has 0 saturated carbocycles. The number of benzene rings is 1. The summed E-state index contributed by atoms with van der Waals surface area (Å²) >= 11 is 5.85. The third-order valence-electron chi connectivity index (χ3n) is 3.74. The van der Waals surface area contributed by atoms with Crippen molar-refractivity contribution in [2.75, 3.05) is 13.1 Å². The fourth-order valence-corrected chi connectivity index (χ4v) is 4.11. The Morgan fingerprint density at radius 2 is 1.91 bits per heavy atom. The summed E-state index contributed by atoms with van der Waals surface area (Å²) in [7, 11) is -3.78. The molecule has 1 N–H and O–H groups in total. The molecule has 5 nitrogen and oxygen atoms in total. The van der Waals surface area contributed by atoms with Crippen LogP contribution in [0.1, 0.15) is 26.7 Å². The molecule has 0 spiro atoms. The first-order valence-corrected chi connectivity index (χ1v) is 9.24. The quantitative estimate of drug-likeness (QED) is 0.891. The van der Waals surface area contributed by atoms with Gasteiger partial charge >= 0.3 is 0 Å². The molecule has 1 saturated heterocycles. The second-order valence-corrected chi connectivity index (χ2v) is 7.98. The second-order valence-electron chi connectivity index (χ2n) is 5.83. The fraction of sp³-hybridized carbons (Fsp3) is 0.533. The van der Waals surface area contributed by atoms with E-state index >= 15 is 0 Å². The Labute approximate surface area is 136 Å². The molecular weight excluding hydrogens is 324 g/mol. The highest BCUT2D eigenvalue weighted by molar-refractivity contribution is 7.89. The van der Waals surface area contributed by atoms with Crippen molar-refractivity contribution in [2.24, 2.45) is 5.92 Å². The lowest BCUT2D eigenvalue weighted by Gasteiger charge is -2.26. The molecule has 0 unspecified atom stereocenters. The van der Waals surface area contributed by atoms with Gasteiger partial charge in [0.1, 0.15) is 6.04 Å². The van der Waals surface area contributed by atoms with Gasteiger partial charge in [-0.2, -0.15) is 4.72 Å². The van der Waals surface area contributed by atoms with Crippen LogP contribution in [0.2, 0.25) is 5.02 Å². The van der Waals surface area contributed by atoms with Crippen LogP contribution in [0.3, 0.4) is 0 Å². The number of rotatable bonds is 5. The van der Waals surface area contributed by atoms with E-state index in [1.807, 2.05) is 13.8 Å². The zero-order valence-electron chi connectivity index (χ0n) is 12.8. The molecule has 1 aromatic rings. The van der Waals surface area contributed by atoms with E-state index in [-0.39, 0.29) is 16.7 Å². The minimum absolute atomic E-state index is 0.0693. The summed E-state index contributed by atoms with van der Waals surface area (Å²) in [5.41, 5.74) is 0. The number of halogens is 1. The van der Waals surface area contributed by atoms with Crippen molar-refractivity contribution < 1.29 is 13.2 Å². The van der Waals surface area contributed by atoms with Crippen LogP contribution < -0.4 is 4.72 Å². The van der Waals surface area contributed by atoms with Crippen LogP contribution in [-0.4, -0.2) is 38.4 Å². The van der Waals surface area contributed by atoms with E-state index in [9.17, 15) is 13.2 Å². The zero-order chi connectivity index (χ0) is 16.3. The van der Waals surface area contributed by atoms with Gasteiger partial charge < -0.3 is 4.90 Å². The van der Waals surface area contributed by atoms with Crippen LogP contribution >= 0.6 is 11.6 Å². The van der Waals surface area contributed by atoms with E-state index in [1.165, 1.54) is 12.1 Å². The Hall–Kier alpha value is -1.11. The van der Waals surface area contributed by atoms with Crippen molar-refractivity contribution in [3.05, 3.63) is 29.3 Å². The van der Waals surface area contributed by atoms with Crippen molar-refractivity contribution in [3.63, 3.8) is 0 Å². The Bertz CT molecular complexity index is 640. The minimum atomic E-state index is -3.78. The number of nitrogens with zero attached hydrogens (tertiary/aromatic N) is 1. The van der Waals surface area contributed by atoms with Gasteiger partial charge in [0.25, 0.3) is 0 Å². The van der Waals surface area contributed by atoms with Crippen LogP contribution in [0.5, 0.6) is 0 Å². The summed E-state index contributed by atoms with van der Waals surface area (Å²) < 4.78 is 27.5. The van der Waals surface area contributed by atoms with Gasteiger partial charge in [0, 0.05) is 18.1 Å². The molecule has 1 heterocycles. The standard InChI is InChI=1S/C15H21ClN2O3S/c1-11(2)14(15(19)18-8-3-4-9-18)17-22(20,21)13-7-5-6-12(16)10-13/h5-7,10-11,14,17H,3-4,8-9H2,1-2H3/t14-/m1/s1. The van der Waals surface area contributed by atoms with Crippen LogP contribution in [-0.2, 0) is 14.8 Å². The van der Waals surface area contributed by atoms with Crippen LogP contribution in [0.4, 0.5) is 0 Å². The molecule has 1 fully saturated rings. The molecule has 1 atom stereocenters. The van der Waals surface area contributed by atoms with Gasteiger partial charge in [-0.25, -0.2) is 8.42 Å². The average molecular weight is 345 g/mol. The number of likely N-dealkylation sites (tertiary alicyclic amines) is 1. The molecule has 2 rings (SSSR count). The lowest BCUT2D eigenvalue weighted by molar-refractivity contribution is -0.132. The summed E-state index contributed by atoms with van der Waals surface area (Å²) in [6, 6.07) is 5.26. The SMILES string of the molecule is CC(C)[C@@H](NS(=O)(=O)c1cccc(Cl)c1)C(=O)N1CCCC1. The summed E-state index contributed by atoms with van der Waals surface area (Å²) in [5.74, 6) is -0.292. The van der Waals surface area contributed by atoms with Gasteiger partial charge in [0.15, 0.2) is 0 Å². The Balaban J connectivity index is 2.21. The lowest BCUT2D eigenvalue weighted by atomic mass is 10.0. The first-order valence-electron chi connectivity index (χ1n) is 7.38. The van der Waals surface area contributed by atoms with Crippen molar-refractivity contribution in [3.8, 4) is 0 Å². The molecule has 0 radical (unpaired) electrons. The highest BCUT2D eigenvalue weighted by atomic mass is 35.5. The minimum Gasteiger partial charge on any atom is -0.341 e. The monoisotopic (exact) mass is 344 g/mol. The third kappa shape index (κ3) is 4.00. The van der Waals surface area contributed by atoms with E-state index in [0.29, 0.717) is 18.1 Å². The van der Waals surface area contributed by atoms with E-state index in [2.05, 4.69) is 4.72 Å². The Kier molecular flexibility index (Phi) is 5.47. The summed E-state index contributed by atoms with van der Waals surface area (Å²) in [6.07, 6.45) is 1.94. The molecule has 7 heteroatoms. The molecule has 1 aromatic carbocycles. The first-order chi connectivity index (χ1) is 10.3. The van der Waals surface area contributed by atoms with Crippen LogP contribution in [0.15, 0.2) is 29.2 Å². The third-order valence-corrected chi connectivity index (χ3v) is 5.41. The summed E-state index contributed by atoms with van der Waals surface area (Å²) in [5, 5.41) is 0.342. The highest BCUT2D eigenvalue weighted by Crippen LogP contribution is 2.18. The number of sulfonamides is 1. The molecule has 0 aromatic heterocycles. The molecule has 22 heavy (non-hydrogen) atoms. The highest BCUT2D eigenvalue weighted by Gasteiger charge is 2.32. The van der Waals surface area contributed by atoms with E-state index in [1.54, 1.807) is 17.0 Å². The van der Waals surface area contributed by atoms with E-state index in [0.717, 1.165) is 12.8 Å². The maximum absolute atomic E-state index is 12.5. The maximum atomic E-state index is 12.5. The molecule has 122 valence electrons. The molecule has 1 aliphatic rings.